The summed E-state index contributed by atoms with van der Waals surface area (Å²) in [6.45, 7) is 3.64. The number of benzene rings is 1. The van der Waals surface area contributed by atoms with Gasteiger partial charge in [0.1, 0.15) is 4.88 Å². The molecule has 2 aromatic heterocycles. The third-order valence-electron chi connectivity index (χ3n) is 5.27. The van der Waals surface area contributed by atoms with Gasteiger partial charge in [-0.2, -0.15) is 17.7 Å². The standard InChI is InChI=1S/C19H21F3N4OS/c1-2-14-23-18-26(24-14)17(27)16(28-18)15(25-9-4-3-5-10-25)12-7-6-8-13(11-12)19(20,21)22/h6-8,11,15,27H,2-5,9-10H2,1H3/p+1/t15-/m1/s1. The van der Waals surface area contributed by atoms with E-state index >= 15 is 0 Å². The summed E-state index contributed by atoms with van der Waals surface area (Å²) in [5, 5.41) is 15.1. The Morgan fingerprint density at radius 1 is 1.25 bits per heavy atom. The lowest BCUT2D eigenvalue weighted by atomic mass is 9.98. The average molecular weight is 411 g/mol. The highest BCUT2D eigenvalue weighted by Crippen LogP contribution is 2.37. The van der Waals surface area contributed by atoms with E-state index in [1.165, 1.54) is 32.9 Å². The number of hydrogen-bond acceptors (Lipinski definition) is 4. The Hall–Kier alpha value is -2.13. The smallest absolute Gasteiger partial charge is 0.416 e. The lowest BCUT2D eigenvalue weighted by Crippen LogP contribution is -3.13. The highest BCUT2D eigenvalue weighted by atomic mass is 32.1. The van der Waals surface area contributed by atoms with Gasteiger partial charge in [-0.1, -0.05) is 30.4 Å². The number of quaternary nitrogens is 1. The zero-order chi connectivity index (χ0) is 19.9. The Balaban J connectivity index is 1.83. The maximum Gasteiger partial charge on any atom is 0.416 e. The number of thiazole rings is 1. The van der Waals surface area contributed by atoms with Crippen LogP contribution in [0.3, 0.4) is 0 Å². The first kappa shape index (κ1) is 19.2. The largest absolute Gasteiger partial charge is 0.492 e. The van der Waals surface area contributed by atoms with E-state index in [2.05, 4.69) is 10.1 Å². The van der Waals surface area contributed by atoms with Crippen LogP contribution < -0.4 is 4.90 Å². The fourth-order valence-electron chi connectivity index (χ4n) is 3.89. The molecule has 1 atom stereocenters. The molecule has 1 aliphatic heterocycles. The van der Waals surface area contributed by atoms with Gasteiger partial charge in [0.2, 0.25) is 10.8 Å². The van der Waals surface area contributed by atoms with Gasteiger partial charge in [-0.3, -0.25) is 0 Å². The van der Waals surface area contributed by atoms with Gasteiger partial charge in [0.15, 0.2) is 11.9 Å². The SMILES string of the molecule is CCc1nc2sc([C@@H](c3cccc(C(F)(F)F)c3)[NH+]3CCCCC3)c(O)n2n1. The summed E-state index contributed by atoms with van der Waals surface area (Å²) < 4.78 is 41.2. The predicted octanol–water partition coefficient (Wildman–Crippen LogP) is 3.24. The number of aromatic hydroxyl groups is 1. The summed E-state index contributed by atoms with van der Waals surface area (Å²) in [7, 11) is 0. The maximum absolute atomic E-state index is 13.3. The lowest BCUT2D eigenvalue weighted by Gasteiger charge is -2.31. The molecular formula is C19H22F3N4OS+. The van der Waals surface area contributed by atoms with Crippen LogP contribution in [0.2, 0.25) is 0 Å². The van der Waals surface area contributed by atoms with Crippen molar-refractivity contribution < 1.29 is 23.2 Å². The van der Waals surface area contributed by atoms with E-state index in [1.807, 2.05) is 6.92 Å². The van der Waals surface area contributed by atoms with Crippen LogP contribution in [0.25, 0.3) is 4.96 Å². The minimum absolute atomic E-state index is 0.0207. The number of nitrogens with one attached hydrogen (secondary N) is 1. The van der Waals surface area contributed by atoms with Gasteiger partial charge in [-0.15, -0.1) is 5.10 Å². The number of piperidine rings is 1. The fraction of sp³-hybridized carbons (Fsp3) is 0.474. The van der Waals surface area contributed by atoms with E-state index in [9.17, 15) is 18.3 Å². The van der Waals surface area contributed by atoms with Crippen LogP contribution in [0, 0.1) is 0 Å². The number of nitrogens with zero attached hydrogens (tertiary/aromatic N) is 3. The molecule has 0 bridgehead atoms. The molecule has 0 amide bonds. The van der Waals surface area contributed by atoms with Crippen molar-refractivity contribution >= 4 is 16.3 Å². The van der Waals surface area contributed by atoms with Crippen molar-refractivity contribution in [1.82, 2.24) is 14.6 Å². The molecule has 5 nitrogen and oxygen atoms in total. The average Bonchev–Trinajstić information content (AvgIpc) is 3.22. The van der Waals surface area contributed by atoms with Crippen molar-refractivity contribution in [1.29, 1.82) is 0 Å². The van der Waals surface area contributed by atoms with Crippen LogP contribution in [-0.2, 0) is 12.6 Å². The quantitative estimate of drug-likeness (QED) is 0.693. The van der Waals surface area contributed by atoms with Crippen LogP contribution >= 0.6 is 11.3 Å². The molecule has 1 saturated heterocycles. The zero-order valence-electron chi connectivity index (χ0n) is 15.5. The second-order valence-corrected chi connectivity index (χ2v) is 8.15. The summed E-state index contributed by atoms with van der Waals surface area (Å²) in [5.74, 6) is 0.613. The van der Waals surface area contributed by atoms with Crippen LogP contribution in [0.15, 0.2) is 24.3 Å². The van der Waals surface area contributed by atoms with Crippen LogP contribution in [0.4, 0.5) is 13.2 Å². The van der Waals surface area contributed by atoms with Gasteiger partial charge < -0.3 is 10.0 Å². The Kier molecular flexibility index (Phi) is 5.05. The highest BCUT2D eigenvalue weighted by Gasteiger charge is 2.36. The van der Waals surface area contributed by atoms with Crippen molar-refractivity contribution in [2.24, 2.45) is 0 Å². The summed E-state index contributed by atoms with van der Waals surface area (Å²) in [6, 6.07) is 5.08. The van der Waals surface area contributed by atoms with Gasteiger partial charge in [-0.05, 0) is 31.4 Å². The molecular weight excluding hydrogens is 389 g/mol. The molecule has 3 aromatic rings. The van der Waals surface area contributed by atoms with Crippen molar-refractivity contribution in [3.8, 4) is 5.88 Å². The maximum atomic E-state index is 13.3. The fourth-order valence-corrected chi connectivity index (χ4v) is 5.05. The van der Waals surface area contributed by atoms with E-state index in [-0.39, 0.29) is 11.9 Å². The van der Waals surface area contributed by atoms with Gasteiger partial charge in [0, 0.05) is 12.0 Å². The Morgan fingerprint density at radius 2 is 2.00 bits per heavy atom. The monoisotopic (exact) mass is 411 g/mol. The summed E-state index contributed by atoms with van der Waals surface area (Å²) in [6.07, 6.45) is -0.586. The number of hydrogen-bond donors (Lipinski definition) is 2. The number of aromatic nitrogens is 3. The van der Waals surface area contributed by atoms with Crippen LogP contribution in [0.1, 0.15) is 54.1 Å². The molecule has 1 fully saturated rings. The topological polar surface area (TPSA) is 54.9 Å². The van der Waals surface area contributed by atoms with Crippen molar-refractivity contribution in [3.63, 3.8) is 0 Å². The third kappa shape index (κ3) is 3.48. The molecule has 9 heteroatoms. The van der Waals surface area contributed by atoms with Gasteiger partial charge in [-0.25, -0.2) is 4.98 Å². The first-order valence-electron chi connectivity index (χ1n) is 9.47. The summed E-state index contributed by atoms with van der Waals surface area (Å²) in [4.78, 5) is 6.77. The van der Waals surface area contributed by atoms with Crippen LogP contribution in [-0.4, -0.2) is 32.8 Å². The molecule has 0 spiro atoms. The Labute approximate surface area is 164 Å². The molecule has 150 valence electrons. The van der Waals surface area contributed by atoms with E-state index in [4.69, 9.17) is 0 Å². The van der Waals surface area contributed by atoms with E-state index < -0.39 is 11.7 Å². The molecule has 4 rings (SSSR count). The highest BCUT2D eigenvalue weighted by molar-refractivity contribution is 7.17. The molecule has 1 aromatic carbocycles. The van der Waals surface area contributed by atoms with Crippen molar-refractivity contribution in [2.45, 2.75) is 44.8 Å². The van der Waals surface area contributed by atoms with E-state index in [0.29, 0.717) is 27.6 Å². The van der Waals surface area contributed by atoms with Crippen molar-refractivity contribution in [2.75, 3.05) is 13.1 Å². The second kappa shape index (κ2) is 7.36. The molecule has 0 unspecified atom stereocenters. The lowest BCUT2D eigenvalue weighted by molar-refractivity contribution is -0.930. The Morgan fingerprint density at radius 3 is 2.64 bits per heavy atom. The molecule has 28 heavy (non-hydrogen) atoms. The number of fused-ring (bicyclic) bond motifs is 1. The number of halogens is 3. The molecule has 0 radical (unpaired) electrons. The van der Waals surface area contributed by atoms with Gasteiger partial charge >= 0.3 is 6.18 Å². The van der Waals surface area contributed by atoms with Gasteiger partial charge in [0.05, 0.1) is 18.7 Å². The normalized spacial score (nSPS) is 17.3. The van der Waals surface area contributed by atoms with Gasteiger partial charge in [0.25, 0.3) is 0 Å². The minimum atomic E-state index is -4.40. The first-order chi connectivity index (χ1) is 13.4. The molecule has 0 saturated carbocycles. The molecule has 3 heterocycles. The molecule has 0 aliphatic carbocycles. The van der Waals surface area contributed by atoms with E-state index in [0.717, 1.165) is 38.4 Å². The predicted molar refractivity (Wildman–Crippen MR) is 99.7 cm³/mol. The third-order valence-corrected chi connectivity index (χ3v) is 6.36. The summed E-state index contributed by atoms with van der Waals surface area (Å²) in [5.41, 5.74) is -0.110. The first-order valence-corrected chi connectivity index (χ1v) is 10.3. The van der Waals surface area contributed by atoms with Crippen molar-refractivity contribution in [3.05, 3.63) is 46.1 Å². The molecule has 1 aliphatic rings. The number of aryl methyl sites for hydroxylation is 1. The molecule has 2 N–H and O–H groups in total. The van der Waals surface area contributed by atoms with E-state index in [1.54, 1.807) is 6.07 Å². The minimum Gasteiger partial charge on any atom is -0.492 e. The zero-order valence-corrected chi connectivity index (χ0v) is 16.3. The summed E-state index contributed by atoms with van der Waals surface area (Å²) >= 11 is 1.31. The number of likely N-dealkylation sites (tertiary alicyclic amines) is 1. The number of alkyl halides is 3. The second-order valence-electron chi connectivity index (χ2n) is 7.14. The Bertz CT molecular complexity index is 975. The number of rotatable bonds is 4. The van der Waals surface area contributed by atoms with Crippen LogP contribution in [0.5, 0.6) is 5.88 Å².